The average Bonchev–Trinajstić information content (AvgIpc) is 3.74. The van der Waals surface area contributed by atoms with Crippen LogP contribution in [0.1, 0.15) is 121 Å². The second-order valence-corrected chi connectivity index (χ2v) is 19.1. The zero-order valence-electron chi connectivity index (χ0n) is 33.9. The van der Waals surface area contributed by atoms with Gasteiger partial charge in [0.05, 0.1) is 47.3 Å². The number of fused-ring (bicyclic) bond motifs is 10. The number of aliphatic hydroxyl groups excluding tert-OH is 3. The first kappa shape index (κ1) is 38.9. The number of pyridine rings is 2. The SMILES string of the molecule is CCc1c2c(nc3ccc(OC(=O)CC[C@@H](C)[C@H]4CC[C@H]5[C@@H]6[C@H](O)C[C@@H]7C[C@H](O)CC[C@]7(C)[C@H]6C[C@H](O)[C@]45C)cc13)-c1cc3c(c(=O)n1C2)COC(=O)[C@]3(O)CC. The average molecular weight is 783 g/mol. The molecule has 306 valence electrons. The molecule has 0 saturated heterocycles. The number of carbonyl (C=O) groups is 2. The fraction of sp³-hybridized carbons (Fsp3) is 0.652. The van der Waals surface area contributed by atoms with Crippen molar-refractivity contribution in [3.05, 3.63) is 56.9 Å². The maximum absolute atomic E-state index is 13.7. The van der Waals surface area contributed by atoms with Gasteiger partial charge in [-0.05, 0) is 140 Å². The van der Waals surface area contributed by atoms with Crippen LogP contribution in [0.15, 0.2) is 29.1 Å². The summed E-state index contributed by atoms with van der Waals surface area (Å²) in [6.07, 6.45) is 6.25. The Bertz CT molecular complexity index is 2220. The van der Waals surface area contributed by atoms with Gasteiger partial charge in [0, 0.05) is 22.9 Å². The normalized spacial score (nSPS) is 37.0. The molecule has 11 nitrogen and oxygen atoms in total. The minimum atomic E-state index is -1.90. The van der Waals surface area contributed by atoms with Crippen LogP contribution in [-0.4, -0.2) is 60.2 Å². The number of esters is 2. The van der Waals surface area contributed by atoms with Gasteiger partial charge >= 0.3 is 11.9 Å². The molecule has 0 amide bonds. The number of benzene rings is 1. The third-order valence-electron chi connectivity index (χ3n) is 16.7. The van der Waals surface area contributed by atoms with E-state index in [1.54, 1.807) is 23.6 Å². The van der Waals surface area contributed by atoms with E-state index in [1.165, 1.54) is 0 Å². The standard InChI is InChI=1S/C46H58N2O9/c1-6-27-28-18-26(9-12-35(28)47-41-29(27)21-48-36(41)19-33-30(42(48)53)22-56-43(54)46(33,55)7-2)57-39(52)13-8-23(3)31-10-11-32-40-34(20-38(51)45(31,32)5)44(4)15-14-25(49)16-24(44)17-37(40)50/h9,12,18-19,23-25,31-32,34,37-38,40,49-51,55H,6-8,10-11,13-17,20-22H2,1-5H3/t23-,24+,25-,31-,32+,34+,37-,38+,40+,44+,45-,46+/m1/s1. The molecular weight excluding hydrogens is 725 g/mol. The van der Waals surface area contributed by atoms with Crippen LogP contribution in [0.2, 0.25) is 0 Å². The molecule has 6 aliphatic rings. The number of hydrogen-bond donors (Lipinski definition) is 4. The van der Waals surface area contributed by atoms with Crippen molar-refractivity contribution in [1.29, 1.82) is 0 Å². The molecule has 0 radical (unpaired) electrons. The Morgan fingerprint density at radius 3 is 2.58 bits per heavy atom. The lowest BCUT2D eigenvalue weighted by atomic mass is 9.43. The van der Waals surface area contributed by atoms with Crippen LogP contribution in [0.3, 0.4) is 0 Å². The van der Waals surface area contributed by atoms with E-state index in [-0.39, 0.29) is 94.5 Å². The Morgan fingerprint density at radius 1 is 1.04 bits per heavy atom. The van der Waals surface area contributed by atoms with E-state index in [1.807, 2.05) is 19.1 Å². The largest absolute Gasteiger partial charge is 0.458 e. The molecule has 4 saturated carbocycles. The van der Waals surface area contributed by atoms with E-state index < -0.39 is 23.8 Å². The number of aryl methyl sites for hydroxylation is 1. The molecule has 9 rings (SSSR count). The monoisotopic (exact) mass is 782 g/mol. The molecule has 57 heavy (non-hydrogen) atoms. The summed E-state index contributed by atoms with van der Waals surface area (Å²) in [6.45, 7) is 10.6. The number of rotatable bonds is 7. The topological polar surface area (TPSA) is 168 Å². The number of ether oxygens (including phenoxy) is 2. The molecule has 12 atom stereocenters. The number of aliphatic hydroxyl groups is 4. The quantitative estimate of drug-likeness (QED) is 0.130. The third-order valence-corrected chi connectivity index (χ3v) is 16.7. The van der Waals surface area contributed by atoms with Gasteiger partial charge in [0.25, 0.3) is 5.56 Å². The summed E-state index contributed by atoms with van der Waals surface area (Å²) in [5, 5.41) is 46.2. The van der Waals surface area contributed by atoms with Crippen molar-refractivity contribution in [1.82, 2.24) is 9.55 Å². The fourth-order valence-electron chi connectivity index (χ4n) is 13.5. The van der Waals surface area contributed by atoms with Gasteiger partial charge in [-0.2, -0.15) is 0 Å². The first-order valence-electron chi connectivity index (χ1n) is 21.5. The molecule has 2 aromatic heterocycles. The predicted octanol–water partition coefficient (Wildman–Crippen LogP) is 5.93. The summed E-state index contributed by atoms with van der Waals surface area (Å²) >= 11 is 0. The van der Waals surface area contributed by atoms with E-state index in [9.17, 15) is 34.8 Å². The van der Waals surface area contributed by atoms with E-state index in [4.69, 9.17) is 14.5 Å². The number of hydrogen-bond acceptors (Lipinski definition) is 10. The fourth-order valence-corrected chi connectivity index (χ4v) is 13.5. The van der Waals surface area contributed by atoms with Crippen molar-refractivity contribution in [2.75, 3.05) is 0 Å². The molecule has 0 spiro atoms. The molecule has 4 heterocycles. The Balaban J connectivity index is 0.905. The maximum Gasteiger partial charge on any atom is 0.343 e. The maximum atomic E-state index is 13.7. The first-order valence-corrected chi connectivity index (χ1v) is 21.5. The highest BCUT2D eigenvalue weighted by Gasteiger charge is 2.65. The van der Waals surface area contributed by atoms with Crippen molar-refractivity contribution in [3.63, 3.8) is 0 Å². The highest BCUT2D eigenvalue weighted by molar-refractivity contribution is 5.90. The van der Waals surface area contributed by atoms with Crippen LogP contribution < -0.4 is 10.3 Å². The van der Waals surface area contributed by atoms with Crippen LogP contribution in [-0.2, 0) is 39.5 Å². The Labute approximate surface area is 333 Å². The van der Waals surface area contributed by atoms with Gasteiger partial charge in [0.1, 0.15) is 12.4 Å². The van der Waals surface area contributed by atoms with Crippen LogP contribution in [0, 0.1) is 46.3 Å². The summed E-state index contributed by atoms with van der Waals surface area (Å²) < 4.78 is 12.8. The minimum Gasteiger partial charge on any atom is -0.458 e. The van der Waals surface area contributed by atoms with Crippen LogP contribution in [0.5, 0.6) is 5.75 Å². The van der Waals surface area contributed by atoms with Gasteiger partial charge in [-0.15, -0.1) is 0 Å². The van der Waals surface area contributed by atoms with Gasteiger partial charge < -0.3 is 34.5 Å². The highest BCUT2D eigenvalue weighted by Crippen LogP contribution is 2.68. The highest BCUT2D eigenvalue weighted by atomic mass is 16.6. The molecule has 0 bridgehead atoms. The summed E-state index contributed by atoms with van der Waals surface area (Å²) in [4.78, 5) is 44.8. The zero-order valence-corrected chi connectivity index (χ0v) is 33.9. The number of carbonyl (C=O) groups excluding carboxylic acids is 2. The summed E-state index contributed by atoms with van der Waals surface area (Å²) in [7, 11) is 0. The van der Waals surface area contributed by atoms with E-state index in [2.05, 4.69) is 20.8 Å². The molecule has 11 heteroatoms. The summed E-state index contributed by atoms with van der Waals surface area (Å²) in [5.41, 5.74) is 1.82. The molecule has 4 N–H and O–H groups in total. The molecular formula is C46H58N2O9. The van der Waals surface area contributed by atoms with E-state index >= 15 is 0 Å². The Kier molecular flexibility index (Phi) is 9.35. The number of cyclic esters (lactones) is 1. The van der Waals surface area contributed by atoms with Crippen LogP contribution >= 0.6 is 0 Å². The number of nitrogens with zero attached hydrogens (tertiary/aromatic N) is 2. The summed E-state index contributed by atoms with van der Waals surface area (Å²) in [6, 6.07) is 7.15. The molecule has 4 aliphatic carbocycles. The minimum absolute atomic E-state index is 0.0286. The van der Waals surface area contributed by atoms with E-state index in [0.717, 1.165) is 55.0 Å². The number of aromatic nitrogens is 2. The predicted molar refractivity (Wildman–Crippen MR) is 212 cm³/mol. The van der Waals surface area contributed by atoms with Crippen LogP contribution in [0.4, 0.5) is 0 Å². The molecule has 4 fully saturated rings. The van der Waals surface area contributed by atoms with Gasteiger partial charge in [0.15, 0.2) is 5.60 Å². The molecule has 0 unspecified atom stereocenters. The second-order valence-electron chi connectivity index (χ2n) is 19.1. The summed E-state index contributed by atoms with van der Waals surface area (Å²) in [5.74, 6) is 0.662. The Morgan fingerprint density at radius 2 is 1.82 bits per heavy atom. The molecule has 3 aromatic rings. The van der Waals surface area contributed by atoms with Crippen molar-refractivity contribution < 1.29 is 39.5 Å². The first-order chi connectivity index (χ1) is 27.1. The van der Waals surface area contributed by atoms with Crippen molar-refractivity contribution in [3.8, 4) is 17.1 Å². The van der Waals surface area contributed by atoms with Crippen LogP contribution in [0.25, 0.3) is 22.3 Å². The lowest BCUT2D eigenvalue weighted by Crippen LogP contribution is -2.62. The Hall–Kier alpha value is -3.64. The van der Waals surface area contributed by atoms with Gasteiger partial charge in [-0.25, -0.2) is 9.78 Å². The van der Waals surface area contributed by atoms with Gasteiger partial charge in [0.2, 0.25) is 0 Å². The van der Waals surface area contributed by atoms with Crippen molar-refractivity contribution >= 4 is 22.8 Å². The van der Waals surface area contributed by atoms with Crippen molar-refractivity contribution in [2.24, 2.45) is 46.3 Å². The van der Waals surface area contributed by atoms with E-state index in [0.29, 0.717) is 48.5 Å². The van der Waals surface area contributed by atoms with Crippen molar-refractivity contribution in [2.45, 2.75) is 142 Å². The smallest absolute Gasteiger partial charge is 0.343 e. The van der Waals surface area contributed by atoms with Gasteiger partial charge in [-0.1, -0.05) is 34.6 Å². The third kappa shape index (κ3) is 5.65. The molecule has 2 aliphatic heterocycles. The zero-order chi connectivity index (χ0) is 40.3. The molecule has 1 aromatic carbocycles. The van der Waals surface area contributed by atoms with Gasteiger partial charge in [-0.3, -0.25) is 9.59 Å². The second kappa shape index (κ2) is 13.7. The lowest BCUT2D eigenvalue weighted by Gasteiger charge is -2.63. The lowest BCUT2D eigenvalue weighted by molar-refractivity contribution is -0.207.